The highest BCUT2D eigenvalue weighted by Gasteiger charge is 2.36. The number of carbonyl (C=O) groups is 4. The van der Waals surface area contributed by atoms with Gasteiger partial charge in [-0.1, -0.05) is 84.8 Å². The van der Waals surface area contributed by atoms with Crippen molar-refractivity contribution in [2.45, 2.75) is 24.3 Å². The zero-order chi connectivity index (χ0) is 33.1. The van der Waals surface area contributed by atoms with Gasteiger partial charge in [-0.05, 0) is 35.8 Å². The van der Waals surface area contributed by atoms with E-state index in [0.717, 1.165) is 48.7 Å². The second-order valence-corrected chi connectivity index (χ2v) is 13.7. The van der Waals surface area contributed by atoms with Gasteiger partial charge in [0.15, 0.2) is 0 Å². The number of carbonyl (C=O) groups excluding carboxylic acids is 1. The van der Waals surface area contributed by atoms with Gasteiger partial charge < -0.3 is 20.2 Å². The fraction of sp³-hybridized carbons (Fsp3) is 0.161. The van der Waals surface area contributed by atoms with Crippen molar-refractivity contribution in [3.8, 4) is 0 Å². The van der Waals surface area contributed by atoms with Gasteiger partial charge in [0.1, 0.15) is 27.0 Å². The lowest BCUT2D eigenvalue weighted by molar-refractivity contribution is -0.140. The first-order valence-electron chi connectivity index (χ1n) is 13.6. The van der Waals surface area contributed by atoms with Crippen molar-refractivity contribution < 1.29 is 34.5 Å². The molecule has 46 heavy (non-hydrogen) atoms. The van der Waals surface area contributed by atoms with Crippen LogP contribution in [-0.2, 0) is 25.7 Å². The molecule has 0 spiro atoms. The molecule has 15 heteroatoms. The Balaban J connectivity index is 1.76. The van der Waals surface area contributed by atoms with Gasteiger partial charge in [0.2, 0.25) is 0 Å². The summed E-state index contributed by atoms with van der Waals surface area (Å²) in [5.41, 5.74) is 2.07. The van der Waals surface area contributed by atoms with Crippen LogP contribution in [0.5, 0.6) is 0 Å². The molecule has 236 valence electrons. The molecular formula is C31H25N3O8S4. The maximum absolute atomic E-state index is 13.9. The Hall–Kier alpha value is -4.44. The van der Waals surface area contributed by atoms with E-state index in [1.807, 2.05) is 59.5 Å². The number of hydrogen-bond donors (Lipinski definition) is 3. The summed E-state index contributed by atoms with van der Waals surface area (Å²) in [6.45, 7) is 3.30. The number of aliphatic carboxylic acids is 3. The van der Waals surface area contributed by atoms with Crippen molar-refractivity contribution in [2.75, 3.05) is 18.0 Å². The van der Waals surface area contributed by atoms with Gasteiger partial charge in [-0.3, -0.25) is 33.4 Å². The molecule has 3 aromatic rings. The minimum atomic E-state index is -1.31. The summed E-state index contributed by atoms with van der Waals surface area (Å²) >= 11 is 8.37. The number of thiocarbonyl (C=S) groups is 1. The number of para-hydroxylation sites is 1. The zero-order valence-corrected chi connectivity index (χ0v) is 27.1. The van der Waals surface area contributed by atoms with Gasteiger partial charge in [0.05, 0.1) is 15.2 Å². The molecule has 0 aliphatic carbocycles. The summed E-state index contributed by atoms with van der Waals surface area (Å²) in [4.78, 5) is 65.4. The van der Waals surface area contributed by atoms with Crippen molar-refractivity contribution in [2.24, 2.45) is 0 Å². The number of anilines is 1. The highest BCUT2D eigenvalue weighted by Crippen LogP contribution is 2.49. The summed E-state index contributed by atoms with van der Waals surface area (Å²) < 4.78 is 1.11. The van der Waals surface area contributed by atoms with Crippen molar-refractivity contribution in [3.63, 3.8) is 0 Å². The van der Waals surface area contributed by atoms with Crippen LogP contribution in [0.15, 0.2) is 81.5 Å². The summed E-state index contributed by atoms with van der Waals surface area (Å²) in [6.07, 6.45) is 1.91. The van der Waals surface area contributed by atoms with Crippen LogP contribution in [0.2, 0.25) is 0 Å². The summed E-state index contributed by atoms with van der Waals surface area (Å²) in [7, 11) is 0. The van der Waals surface area contributed by atoms with E-state index in [9.17, 15) is 39.3 Å². The van der Waals surface area contributed by atoms with Gasteiger partial charge in [0, 0.05) is 23.4 Å². The number of carboxylic acid groups (broad SMARTS) is 3. The number of carboxylic acids is 3. The van der Waals surface area contributed by atoms with E-state index in [1.165, 1.54) is 11.8 Å². The van der Waals surface area contributed by atoms with E-state index >= 15 is 0 Å². The van der Waals surface area contributed by atoms with Crippen molar-refractivity contribution in [1.29, 1.82) is 0 Å². The van der Waals surface area contributed by atoms with E-state index < -0.39 is 42.5 Å². The third-order valence-electron chi connectivity index (χ3n) is 6.87. The normalized spacial score (nSPS) is 17.0. The van der Waals surface area contributed by atoms with Crippen molar-refractivity contribution >= 4 is 97.5 Å². The van der Waals surface area contributed by atoms with Gasteiger partial charge in [-0.25, -0.2) is 0 Å². The van der Waals surface area contributed by atoms with E-state index in [0.29, 0.717) is 29.1 Å². The third-order valence-corrected chi connectivity index (χ3v) is 10.8. The molecule has 1 amide bonds. The molecule has 1 fully saturated rings. The Morgan fingerprint density at radius 3 is 2.22 bits per heavy atom. The maximum atomic E-state index is 13.9. The molecule has 0 saturated carbocycles. The number of thiazole rings is 1. The van der Waals surface area contributed by atoms with Crippen LogP contribution >= 0.6 is 47.1 Å². The second-order valence-electron chi connectivity index (χ2n) is 9.97. The Labute approximate surface area is 279 Å². The number of amides is 1. The fourth-order valence-corrected chi connectivity index (χ4v) is 8.54. The Morgan fingerprint density at radius 1 is 0.870 bits per heavy atom. The number of rotatable bonds is 11. The number of nitrogens with zero attached hydrogens (tertiary/aromatic N) is 3. The van der Waals surface area contributed by atoms with Crippen LogP contribution < -0.4 is 19.7 Å². The Kier molecular flexibility index (Phi) is 9.96. The quantitative estimate of drug-likeness (QED) is 0.252. The van der Waals surface area contributed by atoms with Crippen LogP contribution in [0.4, 0.5) is 5.69 Å². The molecule has 5 rings (SSSR count). The molecule has 2 aromatic carbocycles. The molecular weight excluding hydrogens is 671 g/mol. The minimum absolute atomic E-state index is 0.0203. The van der Waals surface area contributed by atoms with Gasteiger partial charge in [0.25, 0.3) is 11.5 Å². The van der Waals surface area contributed by atoms with Crippen LogP contribution in [0.25, 0.3) is 16.6 Å². The predicted molar refractivity (Wildman–Crippen MR) is 182 cm³/mol. The molecule has 0 unspecified atom stereocenters. The standard InChI is InChI=1S/C31H25N3O8S4/c1-17(18-8-3-2-4-9-18)19(29-32(13-7-12-23(35)36)20-10-5-6-11-21(20)44-29)14-22-27(41)33(15-24(37)38)30(45-22)26-28(42)34(16-25(39)40)31(43)46-26/h2-6,8-11,14H,1,7,12-13,15-16H2,(H,35,36)(H,37,38)(H,39,40)/b22-14+,29-19+,30-26-. The number of aromatic nitrogens is 1. The summed E-state index contributed by atoms with van der Waals surface area (Å²) in [5.74, 6) is -4.25. The van der Waals surface area contributed by atoms with Crippen LogP contribution in [0.3, 0.4) is 0 Å². The number of benzene rings is 2. The molecule has 3 heterocycles. The summed E-state index contributed by atoms with van der Waals surface area (Å²) in [6, 6.07) is 16.9. The number of allylic oxidation sites excluding steroid dienone is 2. The van der Waals surface area contributed by atoms with Crippen molar-refractivity contribution in [3.05, 3.63) is 96.9 Å². The van der Waals surface area contributed by atoms with Gasteiger partial charge in [-0.2, -0.15) is 0 Å². The first-order valence-corrected chi connectivity index (χ1v) is 16.5. The Morgan fingerprint density at radius 2 is 1.54 bits per heavy atom. The molecule has 0 atom stereocenters. The zero-order valence-electron chi connectivity index (χ0n) is 23.9. The molecule has 2 aliphatic heterocycles. The Bertz CT molecular complexity index is 2020. The van der Waals surface area contributed by atoms with Gasteiger partial charge >= 0.3 is 17.9 Å². The summed E-state index contributed by atoms with van der Waals surface area (Å²) in [5, 5.41) is 28.9. The number of hydrogen-bond acceptors (Lipinski definition) is 10. The average molecular weight is 696 g/mol. The number of fused-ring (bicyclic) bond motifs is 1. The minimum Gasteiger partial charge on any atom is -0.481 e. The highest BCUT2D eigenvalue weighted by atomic mass is 32.2. The molecule has 11 nitrogen and oxygen atoms in total. The predicted octanol–water partition coefficient (Wildman–Crippen LogP) is 3.23. The topological polar surface area (TPSA) is 157 Å². The fourth-order valence-electron chi connectivity index (χ4n) is 4.82. The highest BCUT2D eigenvalue weighted by molar-refractivity contribution is 8.30. The molecule has 1 saturated heterocycles. The van der Waals surface area contributed by atoms with Crippen LogP contribution in [0, 0.1) is 0 Å². The molecule has 1 aromatic heterocycles. The number of thioether (sulfide) groups is 2. The van der Waals surface area contributed by atoms with E-state index in [-0.39, 0.29) is 24.8 Å². The lowest BCUT2D eigenvalue weighted by Gasteiger charge is -2.23. The maximum Gasteiger partial charge on any atom is 0.323 e. The SMILES string of the molecule is C=C(C(/C=c1/s/c(=C2\SC(=S)N(CC(=O)O)C2=O)n(CC(=O)O)c1=O)=C1/Sc2ccccc2N1CCCC(=O)O)c1ccccc1. The lowest BCUT2D eigenvalue weighted by atomic mass is 9.99. The average Bonchev–Trinajstić information content (AvgIpc) is 3.62. The smallest absolute Gasteiger partial charge is 0.323 e. The second kappa shape index (κ2) is 13.9. The first-order chi connectivity index (χ1) is 22.0. The lowest BCUT2D eigenvalue weighted by Crippen LogP contribution is -2.36. The molecule has 3 N–H and O–H groups in total. The van der Waals surface area contributed by atoms with Crippen LogP contribution in [0.1, 0.15) is 18.4 Å². The third kappa shape index (κ3) is 6.87. The monoisotopic (exact) mass is 695 g/mol. The van der Waals surface area contributed by atoms with E-state index in [1.54, 1.807) is 6.08 Å². The van der Waals surface area contributed by atoms with E-state index in [4.69, 9.17) is 12.2 Å². The van der Waals surface area contributed by atoms with Crippen LogP contribution in [-0.4, -0.2) is 66.0 Å². The van der Waals surface area contributed by atoms with Crippen molar-refractivity contribution in [1.82, 2.24) is 9.47 Å². The molecule has 0 bridgehead atoms. The molecule has 2 aliphatic rings. The molecule has 0 radical (unpaired) electrons. The largest absolute Gasteiger partial charge is 0.481 e. The van der Waals surface area contributed by atoms with E-state index in [2.05, 4.69) is 6.58 Å². The van der Waals surface area contributed by atoms with Gasteiger partial charge in [-0.15, -0.1) is 11.3 Å². The first kappa shape index (κ1) is 32.9.